The molecule has 21 heavy (non-hydrogen) atoms. The maximum Gasteiger partial charge on any atom is 0.239 e. The summed E-state index contributed by atoms with van der Waals surface area (Å²) in [5.41, 5.74) is 5.84. The molecular weight excluding hydrogens is 290 g/mol. The zero-order valence-corrected chi connectivity index (χ0v) is 13.5. The quantitative estimate of drug-likeness (QED) is 0.859. The molecular formula is C14H23N3O3S. The van der Waals surface area contributed by atoms with Gasteiger partial charge in [-0.2, -0.15) is 4.98 Å². The number of ether oxygens (including phenoxy) is 1. The van der Waals surface area contributed by atoms with Gasteiger partial charge in [-0.3, -0.25) is 0 Å². The van der Waals surface area contributed by atoms with Crippen LogP contribution in [0.1, 0.15) is 27.2 Å². The smallest absolute Gasteiger partial charge is 0.239 e. The molecule has 0 bridgehead atoms. The first-order chi connectivity index (χ1) is 9.69. The molecule has 1 fully saturated rings. The molecule has 1 saturated heterocycles. The summed E-state index contributed by atoms with van der Waals surface area (Å²) in [6.07, 6.45) is 0.573. The van der Waals surface area contributed by atoms with E-state index in [1.165, 1.54) is 0 Å². The summed E-state index contributed by atoms with van der Waals surface area (Å²) < 4.78 is 28.8. The maximum atomic E-state index is 11.6. The molecule has 1 aliphatic heterocycles. The van der Waals surface area contributed by atoms with Crippen molar-refractivity contribution in [3.63, 3.8) is 0 Å². The van der Waals surface area contributed by atoms with E-state index in [1.54, 1.807) is 12.1 Å². The van der Waals surface area contributed by atoms with Gasteiger partial charge in [0.1, 0.15) is 5.82 Å². The van der Waals surface area contributed by atoms with Crippen molar-refractivity contribution in [3.8, 4) is 5.88 Å². The van der Waals surface area contributed by atoms with E-state index in [1.807, 2.05) is 20.8 Å². The zero-order valence-electron chi connectivity index (χ0n) is 12.7. The summed E-state index contributed by atoms with van der Waals surface area (Å²) in [6, 6.07) is 3.46. The standard InChI is InChI=1S/C14H23N3O3S/c1-10(2)8-20-13-11(15)4-5-12(16-13)17-14(3)6-7-21(18,19)9-14/h4-5,10H,6-9,15H2,1-3H3,(H,16,17). The van der Waals surface area contributed by atoms with Crippen LogP contribution in [-0.2, 0) is 9.84 Å². The first kappa shape index (κ1) is 15.9. The van der Waals surface area contributed by atoms with Crippen molar-refractivity contribution in [2.24, 2.45) is 5.92 Å². The molecule has 1 aromatic rings. The van der Waals surface area contributed by atoms with Gasteiger partial charge in [-0.25, -0.2) is 8.42 Å². The van der Waals surface area contributed by atoms with Gasteiger partial charge in [0.2, 0.25) is 5.88 Å². The van der Waals surface area contributed by atoms with Gasteiger partial charge in [0, 0.05) is 0 Å². The highest BCUT2D eigenvalue weighted by Gasteiger charge is 2.38. The fourth-order valence-electron chi connectivity index (χ4n) is 2.30. The number of nitrogens with two attached hydrogens (primary N) is 1. The van der Waals surface area contributed by atoms with Crippen molar-refractivity contribution in [3.05, 3.63) is 12.1 Å². The average molecular weight is 313 g/mol. The third kappa shape index (κ3) is 4.23. The largest absolute Gasteiger partial charge is 0.476 e. The van der Waals surface area contributed by atoms with Crippen molar-refractivity contribution in [2.45, 2.75) is 32.7 Å². The summed E-state index contributed by atoms with van der Waals surface area (Å²) in [6.45, 7) is 6.52. The molecule has 118 valence electrons. The second-order valence-electron chi connectivity index (χ2n) is 6.32. The first-order valence-corrected chi connectivity index (χ1v) is 8.89. The number of aromatic nitrogens is 1. The van der Waals surface area contributed by atoms with Gasteiger partial charge < -0.3 is 15.8 Å². The van der Waals surface area contributed by atoms with Gasteiger partial charge in [-0.1, -0.05) is 13.8 Å². The number of pyridine rings is 1. The van der Waals surface area contributed by atoms with E-state index in [2.05, 4.69) is 10.3 Å². The van der Waals surface area contributed by atoms with Crippen molar-refractivity contribution >= 4 is 21.3 Å². The molecule has 1 atom stereocenters. The van der Waals surface area contributed by atoms with Crippen LogP contribution in [0.25, 0.3) is 0 Å². The molecule has 2 heterocycles. The Kier molecular flexibility index (Phi) is 4.32. The van der Waals surface area contributed by atoms with E-state index in [0.717, 1.165) is 0 Å². The number of sulfone groups is 1. The Balaban J connectivity index is 2.12. The Labute approximate surface area is 126 Å². The van der Waals surface area contributed by atoms with E-state index in [9.17, 15) is 8.42 Å². The van der Waals surface area contributed by atoms with Crippen LogP contribution in [0.5, 0.6) is 5.88 Å². The molecule has 0 spiro atoms. The van der Waals surface area contributed by atoms with Crippen LogP contribution >= 0.6 is 0 Å². The lowest BCUT2D eigenvalue weighted by atomic mass is 10.0. The van der Waals surface area contributed by atoms with Crippen molar-refractivity contribution in [1.82, 2.24) is 4.98 Å². The van der Waals surface area contributed by atoms with Crippen LogP contribution in [0, 0.1) is 5.92 Å². The third-order valence-corrected chi connectivity index (χ3v) is 5.28. The second-order valence-corrected chi connectivity index (χ2v) is 8.51. The molecule has 1 unspecified atom stereocenters. The number of anilines is 2. The SMILES string of the molecule is CC(C)COc1nc(NC2(C)CCS(=O)(=O)C2)ccc1N. The molecule has 0 aliphatic carbocycles. The van der Waals surface area contributed by atoms with Crippen LogP contribution in [-0.4, -0.2) is 37.1 Å². The Hall–Kier alpha value is -1.50. The lowest BCUT2D eigenvalue weighted by Crippen LogP contribution is -2.36. The normalized spacial score (nSPS) is 24.2. The molecule has 0 aromatic carbocycles. The molecule has 1 aliphatic rings. The highest BCUT2D eigenvalue weighted by molar-refractivity contribution is 7.91. The Bertz CT molecular complexity index is 616. The van der Waals surface area contributed by atoms with Crippen LogP contribution in [0.15, 0.2) is 12.1 Å². The monoisotopic (exact) mass is 313 g/mol. The topological polar surface area (TPSA) is 94.3 Å². The lowest BCUT2D eigenvalue weighted by Gasteiger charge is -2.25. The van der Waals surface area contributed by atoms with Crippen LogP contribution in [0.3, 0.4) is 0 Å². The predicted molar refractivity (Wildman–Crippen MR) is 84.3 cm³/mol. The number of nitrogens with one attached hydrogen (secondary N) is 1. The first-order valence-electron chi connectivity index (χ1n) is 7.07. The summed E-state index contributed by atoms with van der Waals surface area (Å²) in [5.74, 6) is 1.68. The van der Waals surface area contributed by atoms with Crippen molar-refractivity contribution in [2.75, 3.05) is 29.2 Å². The summed E-state index contributed by atoms with van der Waals surface area (Å²) in [5, 5.41) is 3.20. The minimum atomic E-state index is -2.96. The Morgan fingerprint density at radius 2 is 2.19 bits per heavy atom. The lowest BCUT2D eigenvalue weighted by molar-refractivity contribution is 0.263. The summed E-state index contributed by atoms with van der Waals surface area (Å²) in [7, 11) is -2.96. The van der Waals surface area contributed by atoms with Crippen LogP contribution in [0.4, 0.5) is 11.5 Å². The van der Waals surface area contributed by atoms with Gasteiger partial charge in [-0.15, -0.1) is 0 Å². The van der Waals surface area contributed by atoms with E-state index in [-0.39, 0.29) is 11.5 Å². The Morgan fingerprint density at radius 1 is 1.48 bits per heavy atom. The van der Waals surface area contributed by atoms with Gasteiger partial charge in [0.25, 0.3) is 0 Å². The van der Waals surface area contributed by atoms with Gasteiger partial charge >= 0.3 is 0 Å². The zero-order chi connectivity index (χ0) is 15.7. The maximum absolute atomic E-state index is 11.6. The van der Waals surface area contributed by atoms with E-state index >= 15 is 0 Å². The van der Waals surface area contributed by atoms with Crippen LogP contribution < -0.4 is 15.8 Å². The number of nitrogens with zero attached hydrogens (tertiary/aromatic N) is 1. The number of rotatable bonds is 5. The van der Waals surface area contributed by atoms with Gasteiger partial charge in [0.15, 0.2) is 9.84 Å². The Morgan fingerprint density at radius 3 is 2.76 bits per heavy atom. The van der Waals surface area contributed by atoms with E-state index in [0.29, 0.717) is 36.3 Å². The molecule has 2 rings (SSSR count). The minimum absolute atomic E-state index is 0.119. The molecule has 1 aromatic heterocycles. The predicted octanol–water partition coefficient (Wildman–Crippen LogP) is 1.69. The van der Waals surface area contributed by atoms with Crippen molar-refractivity contribution in [1.29, 1.82) is 0 Å². The summed E-state index contributed by atoms with van der Waals surface area (Å²) in [4.78, 5) is 4.35. The van der Waals surface area contributed by atoms with Gasteiger partial charge in [0.05, 0.1) is 29.3 Å². The van der Waals surface area contributed by atoms with E-state index in [4.69, 9.17) is 10.5 Å². The molecule has 0 saturated carbocycles. The molecule has 0 amide bonds. The number of hydrogen-bond acceptors (Lipinski definition) is 6. The second kappa shape index (κ2) is 5.71. The molecule has 6 nitrogen and oxygen atoms in total. The number of nitrogen functional groups attached to an aromatic ring is 1. The highest BCUT2D eigenvalue weighted by atomic mass is 32.2. The summed E-state index contributed by atoms with van der Waals surface area (Å²) >= 11 is 0. The van der Waals surface area contributed by atoms with Crippen molar-refractivity contribution < 1.29 is 13.2 Å². The fraction of sp³-hybridized carbons (Fsp3) is 0.643. The number of hydrogen-bond donors (Lipinski definition) is 2. The molecule has 7 heteroatoms. The molecule has 3 N–H and O–H groups in total. The van der Waals surface area contributed by atoms with E-state index < -0.39 is 15.4 Å². The van der Waals surface area contributed by atoms with Crippen LogP contribution in [0.2, 0.25) is 0 Å². The third-order valence-electron chi connectivity index (χ3n) is 3.38. The molecule has 0 radical (unpaired) electrons. The minimum Gasteiger partial charge on any atom is -0.476 e. The average Bonchev–Trinajstić information content (AvgIpc) is 2.64. The van der Waals surface area contributed by atoms with Gasteiger partial charge in [-0.05, 0) is 31.4 Å². The fourth-order valence-corrected chi connectivity index (χ4v) is 4.39. The highest BCUT2D eigenvalue weighted by Crippen LogP contribution is 2.29.